The van der Waals surface area contributed by atoms with Crippen LogP contribution in [0, 0.1) is 17.7 Å². The van der Waals surface area contributed by atoms with Crippen LogP contribution in [0.3, 0.4) is 0 Å². The van der Waals surface area contributed by atoms with Crippen molar-refractivity contribution in [2.75, 3.05) is 20.2 Å². The van der Waals surface area contributed by atoms with E-state index in [-0.39, 0.29) is 24.8 Å². The number of aliphatic carboxylic acids is 1. The quantitative estimate of drug-likeness (QED) is 0.855. The molecule has 108 valence electrons. The summed E-state index contributed by atoms with van der Waals surface area (Å²) in [6, 6.07) is 6.04. The lowest BCUT2D eigenvalue weighted by molar-refractivity contribution is -0.141. The van der Waals surface area contributed by atoms with Gasteiger partial charge in [0.15, 0.2) is 11.6 Å². The van der Waals surface area contributed by atoms with Crippen molar-refractivity contribution in [2.45, 2.75) is 6.42 Å². The average Bonchev–Trinajstić information content (AvgIpc) is 3.20. The number of ether oxygens (including phenoxy) is 1. The van der Waals surface area contributed by atoms with Crippen molar-refractivity contribution in [1.29, 1.82) is 0 Å². The Morgan fingerprint density at radius 1 is 1.40 bits per heavy atom. The highest BCUT2D eigenvalue weighted by Gasteiger charge is 2.49. The lowest BCUT2D eigenvalue weighted by Gasteiger charge is -2.17. The second-order valence-corrected chi connectivity index (χ2v) is 4.83. The van der Waals surface area contributed by atoms with Crippen LogP contribution in [0.1, 0.15) is 6.42 Å². The van der Waals surface area contributed by atoms with Gasteiger partial charge in [0.1, 0.15) is 6.61 Å². The maximum absolute atomic E-state index is 13.3. The zero-order valence-corrected chi connectivity index (χ0v) is 11.1. The Morgan fingerprint density at radius 2 is 2.10 bits per heavy atom. The van der Waals surface area contributed by atoms with Gasteiger partial charge in [-0.3, -0.25) is 9.59 Å². The van der Waals surface area contributed by atoms with E-state index in [1.165, 1.54) is 17.0 Å². The van der Waals surface area contributed by atoms with Crippen molar-refractivity contribution in [3.05, 3.63) is 30.1 Å². The third kappa shape index (κ3) is 3.26. The minimum absolute atomic E-state index is 0.142. The molecule has 20 heavy (non-hydrogen) atoms. The van der Waals surface area contributed by atoms with E-state index in [1.54, 1.807) is 19.2 Å². The van der Waals surface area contributed by atoms with Crippen molar-refractivity contribution >= 4 is 11.9 Å². The van der Waals surface area contributed by atoms with E-state index in [4.69, 9.17) is 9.84 Å². The van der Waals surface area contributed by atoms with Crippen LogP contribution in [0.4, 0.5) is 4.39 Å². The van der Waals surface area contributed by atoms with Crippen LogP contribution in [-0.2, 0) is 9.59 Å². The molecule has 1 amide bonds. The molecule has 2 rings (SSSR count). The van der Waals surface area contributed by atoms with Gasteiger partial charge < -0.3 is 14.7 Å². The van der Waals surface area contributed by atoms with Gasteiger partial charge in [-0.25, -0.2) is 4.39 Å². The van der Waals surface area contributed by atoms with E-state index in [0.29, 0.717) is 6.42 Å². The molecule has 1 fully saturated rings. The van der Waals surface area contributed by atoms with E-state index in [9.17, 15) is 14.0 Å². The van der Waals surface area contributed by atoms with Gasteiger partial charge in [-0.2, -0.15) is 0 Å². The average molecular weight is 281 g/mol. The molecule has 1 aliphatic rings. The Kier molecular flexibility index (Phi) is 4.22. The number of benzene rings is 1. The molecule has 0 aliphatic heterocycles. The summed E-state index contributed by atoms with van der Waals surface area (Å²) in [5, 5.41) is 8.77. The highest BCUT2D eigenvalue weighted by atomic mass is 19.1. The minimum Gasteiger partial charge on any atom is -0.489 e. The molecule has 0 radical (unpaired) electrons. The SMILES string of the molecule is CN(CCOc1ccccc1F)C(=O)[C@@H]1C[C@H]1C(=O)O. The first-order chi connectivity index (χ1) is 9.50. The first kappa shape index (κ1) is 14.3. The maximum Gasteiger partial charge on any atom is 0.307 e. The summed E-state index contributed by atoms with van der Waals surface area (Å²) < 4.78 is 18.5. The zero-order valence-electron chi connectivity index (χ0n) is 11.1. The molecule has 1 saturated carbocycles. The molecule has 0 aromatic heterocycles. The van der Waals surface area contributed by atoms with Crippen molar-refractivity contribution in [3.63, 3.8) is 0 Å². The number of rotatable bonds is 6. The van der Waals surface area contributed by atoms with Crippen LogP contribution < -0.4 is 4.74 Å². The number of carbonyl (C=O) groups excluding carboxylic acids is 1. The normalized spacial score (nSPS) is 20.3. The highest BCUT2D eigenvalue weighted by Crippen LogP contribution is 2.39. The molecular weight excluding hydrogens is 265 g/mol. The van der Waals surface area contributed by atoms with Crippen LogP contribution in [0.5, 0.6) is 5.75 Å². The molecule has 2 atom stereocenters. The Hall–Kier alpha value is -2.11. The van der Waals surface area contributed by atoms with Crippen LogP contribution in [0.15, 0.2) is 24.3 Å². The maximum atomic E-state index is 13.3. The van der Waals surface area contributed by atoms with E-state index in [1.807, 2.05) is 0 Å². The van der Waals surface area contributed by atoms with Crippen LogP contribution in [0.2, 0.25) is 0 Å². The number of halogens is 1. The second kappa shape index (κ2) is 5.90. The highest BCUT2D eigenvalue weighted by molar-refractivity contribution is 5.89. The van der Waals surface area contributed by atoms with Gasteiger partial charge in [-0.1, -0.05) is 12.1 Å². The van der Waals surface area contributed by atoms with Gasteiger partial charge in [0.25, 0.3) is 0 Å². The molecule has 0 spiro atoms. The van der Waals surface area contributed by atoms with Gasteiger partial charge in [-0.05, 0) is 18.6 Å². The summed E-state index contributed by atoms with van der Waals surface area (Å²) in [6.45, 7) is 0.448. The molecule has 6 heteroatoms. The Bertz CT molecular complexity index is 520. The van der Waals surface area contributed by atoms with Gasteiger partial charge in [0, 0.05) is 7.05 Å². The molecule has 0 saturated heterocycles. The summed E-state index contributed by atoms with van der Waals surface area (Å²) in [5.74, 6) is -2.42. The Labute approximate surface area is 116 Å². The number of carbonyl (C=O) groups is 2. The third-order valence-electron chi connectivity index (χ3n) is 3.32. The summed E-state index contributed by atoms with van der Waals surface area (Å²) in [7, 11) is 1.59. The van der Waals surface area contributed by atoms with Crippen molar-refractivity contribution in [3.8, 4) is 5.75 Å². The first-order valence-electron chi connectivity index (χ1n) is 6.36. The summed E-state index contributed by atoms with van der Waals surface area (Å²) in [6.07, 6.45) is 0.396. The number of likely N-dealkylation sites (N-methyl/N-ethyl adjacent to an activating group) is 1. The molecule has 1 aromatic rings. The fourth-order valence-electron chi connectivity index (χ4n) is 1.99. The molecular formula is C14H16FNO4. The van der Waals surface area contributed by atoms with Gasteiger partial charge >= 0.3 is 5.97 Å². The molecule has 1 aromatic carbocycles. The van der Waals surface area contributed by atoms with Crippen molar-refractivity contribution < 1.29 is 23.8 Å². The number of nitrogens with zero attached hydrogens (tertiary/aromatic N) is 1. The molecule has 0 unspecified atom stereocenters. The topological polar surface area (TPSA) is 66.8 Å². The van der Waals surface area contributed by atoms with Crippen LogP contribution in [-0.4, -0.2) is 42.1 Å². The monoisotopic (exact) mass is 281 g/mol. The van der Waals surface area contributed by atoms with E-state index >= 15 is 0 Å². The van der Waals surface area contributed by atoms with Gasteiger partial charge in [0.05, 0.1) is 18.4 Å². The number of hydrogen-bond acceptors (Lipinski definition) is 3. The minimum atomic E-state index is -0.931. The van der Waals surface area contributed by atoms with Crippen molar-refractivity contribution in [2.24, 2.45) is 11.8 Å². The Balaban J connectivity index is 1.76. The standard InChI is InChI=1S/C14H16FNO4/c1-16(13(17)9-8-10(9)14(18)19)6-7-20-12-5-3-2-4-11(12)15/h2-5,9-10H,6-8H2,1H3,(H,18,19)/t9-,10-/m1/s1. The predicted octanol–water partition coefficient (Wildman–Crippen LogP) is 1.38. The van der Waals surface area contributed by atoms with Gasteiger partial charge in [-0.15, -0.1) is 0 Å². The van der Waals surface area contributed by atoms with Crippen LogP contribution >= 0.6 is 0 Å². The molecule has 0 bridgehead atoms. The Morgan fingerprint density at radius 3 is 2.70 bits per heavy atom. The smallest absolute Gasteiger partial charge is 0.307 e. The van der Waals surface area contributed by atoms with E-state index in [2.05, 4.69) is 0 Å². The van der Waals surface area contributed by atoms with E-state index in [0.717, 1.165) is 0 Å². The summed E-state index contributed by atoms with van der Waals surface area (Å²) in [4.78, 5) is 24.0. The van der Waals surface area contributed by atoms with Gasteiger partial charge in [0.2, 0.25) is 5.91 Å². The number of hydrogen-bond donors (Lipinski definition) is 1. The fourth-order valence-corrected chi connectivity index (χ4v) is 1.99. The first-order valence-corrected chi connectivity index (χ1v) is 6.36. The number of carboxylic acids is 1. The summed E-state index contributed by atoms with van der Waals surface area (Å²) >= 11 is 0. The largest absolute Gasteiger partial charge is 0.489 e. The second-order valence-electron chi connectivity index (χ2n) is 4.83. The lowest BCUT2D eigenvalue weighted by atomic mass is 10.3. The predicted molar refractivity (Wildman–Crippen MR) is 68.8 cm³/mol. The fraction of sp³-hybridized carbons (Fsp3) is 0.429. The third-order valence-corrected chi connectivity index (χ3v) is 3.32. The molecule has 1 N–H and O–H groups in total. The number of amides is 1. The summed E-state index contributed by atoms with van der Waals surface area (Å²) in [5.41, 5.74) is 0. The number of carboxylic acid groups (broad SMARTS) is 1. The van der Waals surface area contributed by atoms with Crippen LogP contribution in [0.25, 0.3) is 0 Å². The number of para-hydroxylation sites is 1. The molecule has 0 heterocycles. The molecule has 1 aliphatic carbocycles. The van der Waals surface area contributed by atoms with Crippen molar-refractivity contribution in [1.82, 2.24) is 4.90 Å². The van der Waals surface area contributed by atoms with E-state index < -0.39 is 23.6 Å². The lowest BCUT2D eigenvalue weighted by Crippen LogP contribution is -2.32. The molecule has 5 nitrogen and oxygen atoms in total. The zero-order chi connectivity index (χ0) is 14.7.